The molecule has 0 aromatic carbocycles. The smallest absolute Gasteiger partial charge is 0.187 e. The zero-order valence-corrected chi connectivity index (χ0v) is 12.3. The molecule has 4 N–H and O–H groups in total. The second kappa shape index (κ2) is 6.27. The van der Waals surface area contributed by atoms with E-state index in [1.807, 2.05) is 0 Å². The molecule has 3 fully saturated rings. The highest BCUT2D eigenvalue weighted by Gasteiger charge is 2.59. The molecule has 0 saturated carbocycles. The summed E-state index contributed by atoms with van der Waals surface area (Å²) < 4.78 is 26.8. The quantitative estimate of drug-likeness (QED) is 0.409. The fourth-order valence-electron chi connectivity index (χ4n) is 2.98. The summed E-state index contributed by atoms with van der Waals surface area (Å²) in [5.74, 6) is 0. The molecule has 3 saturated heterocycles. The van der Waals surface area contributed by atoms with Gasteiger partial charge in [-0.2, -0.15) is 0 Å². The Morgan fingerprint density at radius 1 is 0.909 bits per heavy atom. The molecule has 0 spiro atoms. The molecule has 0 radical (unpaired) electrons. The molecule has 3 aliphatic rings. The van der Waals surface area contributed by atoms with Crippen LogP contribution in [0.1, 0.15) is 6.92 Å². The number of fused-ring (bicyclic) bond motifs is 1. The molecule has 22 heavy (non-hydrogen) atoms. The number of aliphatic hydroxyl groups is 4. The summed E-state index contributed by atoms with van der Waals surface area (Å²) in [5, 5.41) is 39.2. The Bertz CT molecular complexity index is 394. The lowest BCUT2D eigenvalue weighted by atomic mass is 9.99. The van der Waals surface area contributed by atoms with Gasteiger partial charge in [-0.05, 0) is 6.92 Å². The van der Waals surface area contributed by atoms with Gasteiger partial charge in [0.25, 0.3) is 0 Å². The van der Waals surface area contributed by atoms with Crippen molar-refractivity contribution in [3.63, 3.8) is 0 Å². The highest BCUT2D eigenvalue weighted by Crippen LogP contribution is 2.39. The second-order valence-corrected chi connectivity index (χ2v) is 5.81. The number of ether oxygens (including phenoxy) is 5. The third kappa shape index (κ3) is 2.77. The maximum Gasteiger partial charge on any atom is 0.187 e. The summed E-state index contributed by atoms with van der Waals surface area (Å²) in [4.78, 5) is 0. The number of rotatable bonds is 4. The molecule has 0 amide bonds. The Morgan fingerprint density at radius 2 is 1.64 bits per heavy atom. The third-order valence-corrected chi connectivity index (χ3v) is 4.34. The van der Waals surface area contributed by atoms with Crippen molar-refractivity contribution in [3.8, 4) is 0 Å². The highest BCUT2D eigenvalue weighted by atomic mass is 16.8. The van der Waals surface area contributed by atoms with Crippen molar-refractivity contribution in [1.82, 2.24) is 0 Å². The van der Waals surface area contributed by atoms with Crippen LogP contribution in [0.4, 0.5) is 0 Å². The summed E-state index contributed by atoms with van der Waals surface area (Å²) in [7, 11) is 1.37. The Balaban J connectivity index is 1.65. The Hall–Kier alpha value is -0.360. The monoisotopic (exact) mass is 322 g/mol. The number of methoxy groups -OCH3 is 1. The summed E-state index contributed by atoms with van der Waals surface area (Å²) in [6, 6.07) is 0. The molecule has 0 aromatic heterocycles. The van der Waals surface area contributed by atoms with Crippen LogP contribution in [0.3, 0.4) is 0 Å². The van der Waals surface area contributed by atoms with E-state index in [2.05, 4.69) is 0 Å². The van der Waals surface area contributed by atoms with E-state index in [1.54, 1.807) is 6.92 Å². The van der Waals surface area contributed by atoms with Crippen LogP contribution in [-0.2, 0) is 23.7 Å². The van der Waals surface area contributed by atoms with E-state index in [0.29, 0.717) is 0 Å². The zero-order chi connectivity index (χ0) is 16.0. The molecular formula is C13H22O9. The molecule has 9 nitrogen and oxygen atoms in total. The molecule has 9 heteroatoms. The molecule has 3 heterocycles. The second-order valence-electron chi connectivity index (χ2n) is 5.81. The first-order valence-electron chi connectivity index (χ1n) is 7.27. The molecule has 3 rings (SSSR count). The fourth-order valence-corrected chi connectivity index (χ4v) is 2.98. The van der Waals surface area contributed by atoms with Gasteiger partial charge >= 0.3 is 0 Å². The largest absolute Gasteiger partial charge is 0.394 e. The molecule has 128 valence electrons. The normalized spacial score (nSPS) is 54.8. The van der Waals surface area contributed by atoms with Crippen LogP contribution in [0.25, 0.3) is 0 Å². The lowest BCUT2D eigenvalue weighted by Gasteiger charge is -2.42. The van der Waals surface area contributed by atoms with Crippen LogP contribution in [-0.4, -0.2) is 95.6 Å². The van der Waals surface area contributed by atoms with Gasteiger partial charge in [-0.1, -0.05) is 0 Å². The van der Waals surface area contributed by atoms with Crippen molar-refractivity contribution in [2.75, 3.05) is 13.7 Å². The minimum absolute atomic E-state index is 0.374. The van der Waals surface area contributed by atoms with Crippen molar-refractivity contribution in [3.05, 3.63) is 0 Å². The summed E-state index contributed by atoms with van der Waals surface area (Å²) >= 11 is 0. The lowest BCUT2D eigenvalue weighted by Crippen LogP contribution is -2.60. The van der Waals surface area contributed by atoms with Gasteiger partial charge < -0.3 is 44.1 Å². The number of epoxide rings is 1. The third-order valence-electron chi connectivity index (χ3n) is 4.34. The van der Waals surface area contributed by atoms with Gasteiger partial charge in [-0.15, -0.1) is 0 Å². The first-order chi connectivity index (χ1) is 10.5. The Morgan fingerprint density at radius 3 is 2.27 bits per heavy atom. The average Bonchev–Trinajstić information content (AvgIpc) is 3.30. The van der Waals surface area contributed by atoms with Gasteiger partial charge in [0.1, 0.15) is 42.7 Å². The first-order valence-corrected chi connectivity index (χ1v) is 7.27. The topological polar surface area (TPSA) is 130 Å². The summed E-state index contributed by atoms with van der Waals surface area (Å²) in [6.07, 6.45) is -8.34. The van der Waals surface area contributed by atoms with E-state index >= 15 is 0 Å². The van der Waals surface area contributed by atoms with Crippen LogP contribution in [0.2, 0.25) is 0 Å². The summed E-state index contributed by atoms with van der Waals surface area (Å²) in [6.45, 7) is 1.31. The van der Waals surface area contributed by atoms with E-state index < -0.39 is 61.4 Å². The standard InChI is InChI=1S/C13H22O9/c1-4-9(7(16)8(17)12(18-2)19-4)22-13-11-10(21-11)6(15)5(3-14)20-13/h4-17H,3H2,1-2H3/t4-,5-,6-,7-,8-,9-,10-,11-,12+,13+/m1/s1. The maximum atomic E-state index is 10.2. The summed E-state index contributed by atoms with van der Waals surface area (Å²) in [5.41, 5.74) is 0. The fraction of sp³-hybridized carbons (Fsp3) is 1.00. The van der Waals surface area contributed by atoms with Gasteiger partial charge in [-0.25, -0.2) is 0 Å². The average molecular weight is 322 g/mol. The molecule has 3 aliphatic heterocycles. The predicted molar refractivity (Wildman–Crippen MR) is 68.6 cm³/mol. The Labute approximate surface area is 127 Å². The molecule has 0 unspecified atom stereocenters. The lowest BCUT2D eigenvalue weighted by molar-refractivity contribution is -0.325. The van der Waals surface area contributed by atoms with Crippen molar-refractivity contribution in [2.45, 2.75) is 68.3 Å². The maximum absolute atomic E-state index is 10.2. The van der Waals surface area contributed by atoms with Crippen molar-refractivity contribution in [1.29, 1.82) is 0 Å². The minimum atomic E-state index is -1.26. The van der Waals surface area contributed by atoms with Crippen LogP contribution < -0.4 is 0 Å². The molecule has 0 bridgehead atoms. The first kappa shape index (κ1) is 16.5. The zero-order valence-electron chi connectivity index (χ0n) is 12.3. The van der Waals surface area contributed by atoms with Crippen LogP contribution >= 0.6 is 0 Å². The van der Waals surface area contributed by atoms with E-state index in [9.17, 15) is 20.4 Å². The van der Waals surface area contributed by atoms with Gasteiger partial charge in [0.05, 0.1) is 12.7 Å². The SMILES string of the molecule is CO[C@H]1O[C@H](C)[C@@H](O[C@@H]2O[C@H](CO)[C@@H](O)[C@H]3O[C@@H]23)[C@H](O)[C@H]1O. The van der Waals surface area contributed by atoms with E-state index in [-0.39, 0.29) is 6.61 Å². The minimum Gasteiger partial charge on any atom is -0.394 e. The van der Waals surface area contributed by atoms with E-state index in [4.69, 9.17) is 23.7 Å². The van der Waals surface area contributed by atoms with Gasteiger partial charge in [0.15, 0.2) is 12.6 Å². The molecule has 0 aliphatic carbocycles. The predicted octanol–water partition coefficient (Wildman–Crippen LogP) is -2.67. The Kier molecular flexibility index (Phi) is 4.70. The van der Waals surface area contributed by atoms with Crippen LogP contribution in [0.5, 0.6) is 0 Å². The molecular weight excluding hydrogens is 300 g/mol. The number of hydrogen-bond donors (Lipinski definition) is 4. The number of hydrogen-bond acceptors (Lipinski definition) is 9. The van der Waals surface area contributed by atoms with Crippen molar-refractivity contribution >= 4 is 0 Å². The van der Waals surface area contributed by atoms with Gasteiger partial charge in [0.2, 0.25) is 0 Å². The highest BCUT2D eigenvalue weighted by molar-refractivity contribution is 5.01. The molecule has 0 aromatic rings. The van der Waals surface area contributed by atoms with Crippen LogP contribution in [0.15, 0.2) is 0 Å². The van der Waals surface area contributed by atoms with E-state index in [1.165, 1.54) is 7.11 Å². The number of aliphatic hydroxyl groups excluding tert-OH is 4. The van der Waals surface area contributed by atoms with Crippen molar-refractivity contribution in [2.24, 2.45) is 0 Å². The van der Waals surface area contributed by atoms with Crippen molar-refractivity contribution < 1.29 is 44.1 Å². The van der Waals surface area contributed by atoms with Gasteiger partial charge in [0, 0.05) is 7.11 Å². The molecule has 10 atom stereocenters. The van der Waals surface area contributed by atoms with Crippen LogP contribution in [0, 0.1) is 0 Å². The van der Waals surface area contributed by atoms with Gasteiger partial charge in [-0.3, -0.25) is 0 Å². The van der Waals surface area contributed by atoms with E-state index in [0.717, 1.165) is 0 Å².